The Morgan fingerprint density at radius 1 is 1.08 bits per heavy atom. The van der Waals surface area contributed by atoms with Crippen molar-refractivity contribution < 1.29 is 0 Å². The van der Waals surface area contributed by atoms with Gasteiger partial charge in [-0.25, -0.2) is 0 Å². The van der Waals surface area contributed by atoms with E-state index in [9.17, 15) is 0 Å². The molecule has 1 aromatic rings. The van der Waals surface area contributed by atoms with Crippen molar-refractivity contribution in [2.24, 2.45) is 0 Å². The van der Waals surface area contributed by atoms with Crippen LogP contribution in [0.1, 0.15) is 18.4 Å². The lowest BCUT2D eigenvalue weighted by molar-refractivity contribution is 1.12. The lowest BCUT2D eigenvalue weighted by Crippen LogP contribution is -1.71. The monoisotopic (exact) mass is 154 g/mol. The van der Waals surface area contributed by atoms with E-state index in [0.29, 0.717) is 0 Å². The first-order valence-corrected chi connectivity index (χ1v) is 3.91. The average molecular weight is 154 g/mol. The molecule has 0 spiro atoms. The van der Waals surface area contributed by atoms with E-state index in [2.05, 4.69) is 17.8 Å². The second-order valence-electron chi connectivity index (χ2n) is 2.37. The summed E-state index contributed by atoms with van der Waals surface area (Å²) in [6.45, 7) is 0. The van der Waals surface area contributed by atoms with Crippen molar-refractivity contribution in [1.29, 1.82) is 0 Å². The van der Waals surface area contributed by atoms with Crippen molar-refractivity contribution in [3.05, 3.63) is 35.9 Å². The predicted molar refractivity (Wildman–Crippen MR) is 51.4 cm³/mol. The highest BCUT2D eigenvalue weighted by molar-refractivity contribution is 5.33. The Morgan fingerprint density at radius 3 is 2.50 bits per heavy atom. The van der Waals surface area contributed by atoms with Gasteiger partial charge >= 0.3 is 0 Å². The van der Waals surface area contributed by atoms with E-state index in [1.165, 1.54) is 0 Å². The first-order chi connectivity index (χ1) is 5.93. The summed E-state index contributed by atoms with van der Waals surface area (Å²) in [6.07, 6.45) is 6.61. The third-order valence-corrected chi connectivity index (χ3v) is 1.40. The summed E-state index contributed by atoms with van der Waals surface area (Å²) in [6, 6.07) is 9.91. The summed E-state index contributed by atoms with van der Waals surface area (Å²) in [5.41, 5.74) is 1.05. The van der Waals surface area contributed by atoms with Crippen molar-refractivity contribution in [1.82, 2.24) is 0 Å². The molecule has 0 N–H and O–H groups in total. The summed E-state index contributed by atoms with van der Waals surface area (Å²) < 4.78 is 0. The lowest BCUT2D eigenvalue weighted by Gasteiger charge is -1.85. The molecule has 0 amide bonds. The molecule has 0 unspecified atom stereocenters. The van der Waals surface area contributed by atoms with Crippen LogP contribution in [0.2, 0.25) is 0 Å². The number of unbranched alkanes of at least 4 members (excludes halogenated alkanes) is 1. The molecule has 0 radical (unpaired) electrons. The molecule has 0 bridgehead atoms. The van der Waals surface area contributed by atoms with Crippen molar-refractivity contribution in [2.45, 2.75) is 12.8 Å². The van der Waals surface area contributed by atoms with Crippen LogP contribution in [-0.4, -0.2) is 0 Å². The minimum Gasteiger partial charge on any atom is -0.120 e. The third kappa shape index (κ3) is 2.95. The van der Waals surface area contributed by atoms with E-state index in [-0.39, 0.29) is 0 Å². The molecule has 0 heteroatoms. The third-order valence-electron chi connectivity index (χ3n) is 1.40. The van der Waals surface area contributed by atoms with Gasteiger partial charge in [-0.05, 0) is 12.1 Å². The summed E-state index contributed by atoms with van der Waals surface area (Å²) in [7, 11) is 0. The number of hydrogen-bond acceptors (Lipinski definition) is 0. The van der Waals surface area contributed by atoms with Crippen molar-refractivity contribution in [3.63, 3.8) is 0 Å². The summed E-state index contributed by atoms with van der Waals surface area (Å²) in [5.74, 6) is 8.60. The van der Waals surface area contributed by atoms with E-state index in [0.717, 1.165) is 18.4 Å². The van der Waals surface area contributed by atoms with Crippen LogP contribution in [0.4, 0.5) is 0 Å². The van der Waals surface area contributed by atoms with Crippen LogP contribution in [0.5, 0.6) is 0 Å². The van der Waals surface area contributed by atoms with Crippen LogP contribution in [0, 0.1) is 24.2 Å². The van der Waals surface area contributed by atoms with Gasteiger partial charge in [0.25, 0.3) is 0 Å². The van der Waals surface area contributed by atoms with Crippen molar-refractivity contribution in [3.8, 4) is 24.2 Å². The molecule has 0 aliphatic rings. The van der Waals surface area contributed by atoms with Crippen LogP contribution >= 0.6 is 0 Å². The lowest BCUT2D eigenvalue weighted by atomic mass is 10.2. The zero-order valence-electron chi connectivity index (χ0n) is 6.88. The molecule has 1 rings (SSSR count). The number of rotatable bonds is 1. The van der Waals surface area contributed by atoms with Gasteiger partial charge in [0.15, 0.2) is 0 Å². The Labute approximate surface area is 73.6 Å². The van der Waals surface area contributed by atoms with Gasteiger partial charge in [-0.15, -0.1) is 12.3 Å². The molecule has 0 nitrogen and oxygen atoms in total. The Morgan fingerprint density at radius 2 is 1.83 bits per heavy atom. The number of benzene rings is 1. The van der Waals surface area contributed by atoms with Crippen molar-refractivity contribution >= 4 is 0 Å². The van der Waals surface area contributed by atoms with Gasteiger partial charge < -0.3 is 0 Å². The van der Waals surface area contributed by atoms with Gasteiger partial charge in [-0.1, -0.05) is 30.0 Å². The Kier molecular flexibility index (Phi) is 3.55. The highest BCUT2D eigenvalue weighted by atomic mass is 13.8. The fraction of sp³-hybridized carbons (Fsp3) is 0.167. The average Bonchev–Trinajstić information content (AvgIpc) is 2.14. The SMILES string of the molecule is C#CCCC#Cc1ccccc1. The van der Waals surface area contributed by atoms with Crippen molar-refractivity contribution in [2.75, 3.05) is 0 Å². The Balaban J connectivity index is 2.51. The molecule has 12 heavy (non-hydrogen) atoms. The highest BCUT2D eigenvalue weighted by Gasteiger charge is 1.80. The second-order valence-corrected chi connectivity index (χ2v) is 2.37. The molecule has 0 aliphatic carbocycles. The number of hydrogen-bond donors (Lipinski definition) is 0. The van der Waals surface area contributed by atoms with Crippen LogP contribution < -0.4 is 0 Å². The van der Waals surface area contributed by atoms with Crippen LogP contribution in [0.25, 0.3) is 0 Å². The van der Waals surface area contributed by atoms with Gasteiger partial charge in [-0.2, -0.15) is 0 Å². The molecule has 0 aliphatic heterocycles. The van der Waals surface area contributed by atoms with E-state index in [1.54, 1.807) is 0 Å². The predicted octanol–water partition coefficient (Wildman–Crippen LogP) is 2.45. The molecule has 1 aromatic carbocycles. The fourth-order valence-corrected chi connectivity index (χ4v) is 0.821. The Bertz CT molecular complexity index is 317. The largest absolute Gasteiger partial charge is 0.120 e. The summed E-state index contributed by atoms with van der Waals surface area (Å²) >= 11 is 0. The molecule has 0 heterocycles. The van der Waals surface area contributed by atoms with Gasteiger partial charge in [0.1, 0.15) is 0 Å². The van der Waals surface area contributed by atoms with Gasteiger partial charge in [0, 0.05) is 18.4 Å². The summed E-state index contributed by atoms with van der Waals surface area (Å²) in [5, 5.41) is 0. The standard InChI is InChI=1S/C12H10/c1-2-3-4-6-9-12-10-7-5-8-11-12/h1,5,7-8,10-11H,3-4H2. The molecule has 0 saturated carbocycles. The van der Waals surface area contributed by atoms with E-state index in [1.807, 2.05) is 30.3 Å². The zero-order chi connectivity index (χ0) is 8.65. The fourth-order valence-electron chi connectivity index (χ4n) is 0.821. The van der Waals surface area contributed by atoms with Gasteiger partial charge in [-0.3, -0.25) is 0 Å². The minimum absolute atomic E-state index is 0.736. The van der Waals surface area contributed by atoms with Gasteiger partial charge in [0.2, 0.25) is 0 Å². The van der Waals surface area contributed by atoms with E-state index >= 15 is 0 Å². The molecule has 58 valence electrons. The zero-order valence-corrected chi connectivity index (χ0v) is 6.88. The molecule has 0 fully saturated rings. The highest BCUT2D eigenvalue weighted by Crippen LogP contribution is 1.95. The van der Waals surface area contributed by atoms with E-state index in [4.69, 9.17) is 6.42 Å². The molecule has 0 aromatic heterocycles. The topological polar surface area (TPSA) is 0 Å². The smallest absolute Gasteiger partial charge is 0.0245 e. The first kappa shape index (κ1) is 8.44. The quantitative estimate of drug-likeness (QED) is 0.430. The van der Waals surface area contributed by atoms with Gasteiger partial charge in [0.05, 0.1) is 0 Å². The first-order valence-electron chi connectivity index (χ1n) is 3.91. The minimum atomic E-state index is 0.736. The molecule has 0 atom stereocenters. The van der Waals surface area contributed by atoms with Crippen LogP contribution in [0.3, 0.4) is 0 Å². The maximum absolute atomic E-state index is 5.09. The summed E-state index contributed by atoms with van der Waals surface area (Å²) in [4.78, 5) is 0. The number of terminal acetylenes is 1. The van der Waals surface area contributed by atoms with E-state index < -0.39 is 0 Å². The van der Waals surface area contributed by atoms with Crippen LogP contribution in [-0.2, 0) is 0 Å². The second kappa shape index (κ2) is 5.05. The van der Waals surface area contributed by atoms with Crippen LogP contribution in [0.15, 0.2) is 30.3 Å². The molecule has 0 saturated heterocycles. The normalized spacial score (nSPS) is 7.92. The maximum atomic E-state index is 5.09. The molecular weight excluding hydrogens is 144 g/mol. The molecular formula is C12H10. The maximum Gasteiger partial charge on any atom is 0.0245 e. The Hall–Kier alpha value is -1.66.